The molecule has 0 bridgehead atoms. The highest BCUT2D eigenvalue weighted by molar-refractivity contribution is 7.87. The maximum atomic E-state index is 12.3. The number of nitrogens with zero attached hydrogens (tertiary/aromatic N) is 2. The van der Waals surface area contributed by atoms with Gasteiger partial charge in [-0.1, -0.05) is 19.9 Å². The highest BCUT2D eigenvalue weighted by Crippen LogP contribution is 2.12. The fraction of sp³-hybridized carbons (Fsp3) is 0.615. The predicted octanol–water partition coefficient (Wildman–Crippen LogP) is 2.10. The highest BCUT2D eigenvalue weighted by atomic mass is 32.2. The third kappa shape index (κ3) is 4.89. The fourth-order valence-electron chi connectivity index (χ4n) is 1.84. The first kappa shape index (κ1) is 16.1. The zero-order valence-electron chi connectivity index (χ0n) is 11.8. The van der Waals surface area contributed by atoms with E-state index < -0.39 is 10.2 Å². The van der Waals surface area contributed by atoms with Crippen LogP contribution in [0, 0.1) is 0 Å². The van der Waals surface area contributed by atoms with E-state index in [0.717, 1.165) is 18.5 Å². The molecular formula is C13H23N3O2S. The first-order chi connectivity index (χ1) is 9.01. The molecule has 1 N–H and O–H groups in total. The largest absolute Gasteiger partial charge is 0.280 e. The molecule has 0 aromatic carbocycles. The Morgan fingerprint density at radius 2 is 1.89 bits per heavy atom. The molecule has 1 rings (SSSR count). The van der Waals surface area contributed by atoms with Crippen molar-refractivity contribution in [1.82, 2.24) is 14.0 Å². The summed E-state index contributed by atoms with van der Waals surface area (Å²) in [4.78, 5) is 4.17. The molecule has 0 aliphatic carbocycles. The lowest BCUT2D eigenvalue weighted by atomic mass is 10.2. The topological polar surface area (TPSA) is 62.3 Å². The molecule has 0 aliphatic heterocycles. The second-order valence-corrected chi connectivity index (χ2v) is 6.20. The Morgan fingerprint density at radius 1 is 1.26 bits per heavy atom. The lowest BCUT2D eigenvalue weighted by molar-refractivity contribution is 0.397. The van der Waals surface area contributed by atoms with E-state index in [1.807, 2.05) is 32.0 Å². The van der Waals surface area contributed by atoms with Gasteiger partial charge in [-0.3, -0.25) is 4.98 Å². The van der Waals surface area contributed by atoms with Crippen molar-refractivity contribution in [3.05, 3.63) is 30.1 Å². The molecule has 108 valence electrons. The number of pyridine rings is 1. The van der Waals surface area contributed by atoms with E-state index in [9.17, 15) is 8.42 Å². The van der Waals surface area contributed by atoms with Gasteiger partial charge >= 0.3 is 0 Å². The van der Waals surface area contributed by atoms with E-state index in [-0.39, 0.29) is 6.04 Å². The molecule has 1 aromatic heterocycles. The van der Waals surface area contributed by atoms with Gasteiger partial charge in [0.25, 0.3) is 10.2 Å². The molecule has 0 fully saturated rings. The van der Waals surface area contributed by atoms with Gasteiger partial charge in [0.15, 0.2) is 0 Å². The summed E-state index contributed by atoms with van der Waals surface area (Å²) in [6.45, 7) is 6.83. The molecule has 1 unspecified atom stereocenters. The molecule has 5 nitrogen and oxygen atoms in total. The first-order valence-corrected chi connectivity index (χ1v) is 8.13. The molecular weight excluding hydrogens is 262 g/mol. The summed E-state index contributed by atoms with van der Waals surface area (Å²) >= 11 is 0. The number of nitrogens with one attached hydrogen (secondary N) is 1. The van der Waals surface area contributed by atoms with Crippen LogP contribution in [0.3, 0.4) is 0 Å². The predicted molar refractivity (Wildman–Crippen MR) is 76.9 cm³/mol. The Balaban J connectivity index is 2.77. The van der Waals surface area contributed by atoms with Crippen LogP contribution >= 0.6 is 0 Å². The molecule has 0 radical (unpaired) electrons. The summed E-state index contributed by atoms with van der Waals surface area (Å²) in [6.07, 6.45) is 3.27. The maximum absolute atomic E-state index is 12.3. The van der Waals surface area contributed by atoms with Crippen LogP contribution in [0.1, 0.15) is 45.3 Å². The minimum atomic E-state index is -3.45. The van der Waals surface area contributed by atoms with Gasteiger partial charge in [-0.15, -0.1) is 0 Å². The van der Waals surface area contributed by atoms with E-state index in [1.165, 1.54) is 4.31 Å². The number of aromatic nitrogens is 1. The molecule has 1 aromatic rings. The lowest BCUT2D eigenvalue weighted by Crippen LogP contribution is -2.42. The highest BCUT2D eigenvalue weighted by Gasteiger charge is 2.23. The van der Waals surface area contributed by atoms with Gasteiger partial charge in [-0.2, -0.15) is 17.4 Å². The van der Waals surface area contributed by atoms with Crippen molar-refractivity contribution in [3.63, 3.8) is 0 Å². The van der Waals surface area contributed by atoms with Crippen molar-refractivity contribution in [2.45, 2.75) is 39.7 Å². The molecule has 0 aliphatic rings. The lowest BCUT2D eigenvalue weighted by Gasteiger charge is -2.23. The van der Waals surface area contributed by atoms with Gasteiger partial charge in [-0.25, -0.2) is 0 Å². The van der Waals surface area contributed by atoms with Gasteiger partial charge in [0, 0.05) is 19.3 Å². The molecule has 6 heteroatoms. The molecule has 1 atom stereocenters. The fourth-order valence-corrected chi connectivity index (χ4v) is 3.40. The van der Waals surface area contributed by atoms with Crippen LogP contribution in [-0.4, -0.2) is 30.8 Å². The van der Waals surface area contributed by atoms with Crippen molar-refractivity contribution in [2.75, 3.05) is 13.1 Å². The SMILES string of the molecule is CCCN(CCC)S(=O)(=O)NC(C)c1ccccn1. The van der Waals surface area contributed by atoms with Crippen LogP contribution < -0.4 is 4.72 Å². The minimum Gasteiger partial charge on any atom is -0.260 e. The smallest absolute Gasteiger partial charge is 0.260 e. The second-order valence-electron chi connectivity index (χ2n) is 4.50. The average Bonchev–Trinajstić information content (AvgIpc) is 2.39. The van der Waals surface area contributed by atoms with E-state index in [0.29, 0.717) is 13.1 Å². The molecule has 1 heterocycles. The quantitative estimate of drug-likeness (QED) is 0.795. The number of hydrogen-bond acceptors (Lipinski definition) is 3. The van der Waals surface area contributed by atoms with Crippen LogP contribution in [0.5, 0.6) is 0 Å². The van der Waals surface area contributed by atoms with Crippen LogP contribution in [0.2, 0.25) is 0 Å². The summed E-state index contributed by atoms with van der Waals surface area (Å²) in [5, 5.41) is 0. The Morgan fingerprint density at radius 3 is 2.37 bits per heavy atom. The summed E-state index contributed by atoms with van der Waals surface area (Å²) in [7, 11) is -3.45. The van der Waals surface area contributed by atoms with E-state index in [2.05, 4.69) is 9.71 Å². The molecule has 0 saturated heterocycles. The average molecular weight is 285 g/mol. The third-order valence-electron chi connectivity index (χ3n) is 2.74. The molecule has 0 saturated carbocycles. The Hall–Kier alpha value is -0.980. The standard InChI is InChI=1S/C13H23N3O2S/c1-4-10-16(11-5-2)19(17,18)15-12(3)13-8-6-7-9-14-13/h6-9,12,15H,4-5,10-11H2,1-3H3. The van der Waals surface area contributed by atoms with Gasteiger partial charge in [0.05, 0.1) is 11.7 Å². The summed E-state index contributed by atoms with van der Waals surface area (Å²) in [5.41, 5.74) is 0.721. The number of rotatable bonds is 8. The maximum Gasteiger partial charge on any atom is 0.280 e. The van der Waals surface area contributed by atoms with Gasteiger partial charge in [-0.05, 0) is 31.9 Å². The van der Waals surface area contributed by atoms with Crippen molar-refractivity contribution >= 4 is 10.2 Å². The zero-order chi connectivity index (χ0) is 14.3. The Labute approximate surface area is 116 Å². The van der Waals surface area contributed by atoms with E-state index in [4.69, 9.17) is 0 Å². The monoisotopic (exact) mass is 285 g/mol. The number of hydrogen-bond donors (Lipinski definition) is 1. The zero-order valence-corrected chi connectivity index (χ0v) is 12.7. The Bertz CT molecular complexity index is 456. The van der Waals surface area contributed by atoms with Crippen molar-refractivity contribution in [1.29, 1.82) is 0 Å². The van der Waals surface area contributed by atoms with Gasteiger partial charge in [0.2, 0.25) is 0 Å². The normalized spacial score (nSPS) is 13.7. The van der Waals surface area contributed by atoms with Crippen LogP contribution in [0.15, 0.2) is 24.4 Å². The summed E-state index contributed by atoms with van der Waals surface area (Å²) < 4.78 is 28.7. The Kier molecular flexibility index (Phi) is 6.41. The van der Waals surface area contributed by atoms with E-state index >= 15 is 0 Å². The molecule has 0 amide bonds. The van der Waals surface area contributed by atoms with Gasteiger partial charge in [0.1, 0.15) is 0 Å². The van der Waals surface area contributed by atoms with Crippen molar-refractivity contribution in [3.8, 4) is 0 Å². The van der Waals surface area contributed by atoms with Crippen molar-refractivity contribution in [2.24, 2.45) is 0 Å². The summed E-state index contributed by atoms with van der Waals surface area (Å²) in [5.74, 6) is 0. The third-order valence-corrected chi connectivity index (χ3v) is 4.44. The second kappa shape index (κ2) is 7.57. The van der Waals surface area contributed by atoms with E-state index in [1.54, 1.807) is 13.1 Å². The van der Waals surface area contributed by atoms with Crippen LogP contribution in [0.25, 0.3) is 0 Å². The molecule has 19 heavy (non-hydrogen) atoms. The summed E-state index contributed by atoms with van der Waals surface area (Å²) in [6, 6.07) is 5.15. The van der Waals surface area contributed by atoms with Crippen LogP contribution in [-0.2, 0) is 10.2 Å². The van der Waals surface area contributed by atoms with Gasteiger partial charge < -0.3 is 0 Å². The first-order valence-electron chi connectivity index (χ1n) is 6.69. The van der Waals surface area contributed by atoms with Crippen LogP contribution in [0.4, 0.5) is 0 Å². The minimum absolute atomic E-state index is 0.331. The molecule has 0 spiro atoms. The van der Waals surface area contributed by atoms with Crippen molar-refractivity contribution < 1.29 is 8.42 Å².